The zero-order valence-corrected chi connectivity index (χ0v) is 15.5. The Hall–Kier alpha value is -3.02. The molecule has 0 bridgehead atoms. The van der Waals surface area contributed by atoms with Crippen LogP contribution in [0.1, 0.15) is 31.9 Å². The molecule has 0 aliphatic rings. The first-order valence-corrected chi connectivity index (χ1v) is 8.74. The maximum Gasteiger partial charge on any atom is 0.222 e. The molecule has 0 spiro atoms. The van der Waals surface area contributed by atoms with Gasteiger partial charge in [0.2, 0.25) is 5.95 Å². The van der Waals surface area contributed by atoms with Crippen molar-refractivity contribution in [2.45, 2.75) is 33.8 Å². The van der Waals surface area contributed by atoms with Crippen LogP contribution in [0.3, 0.4) is 0 Å². The highest BCUT2D eigenvalue weighted by Crippen LogP contribution is 2.29. The predicted octanol–water partition coefficient (Wildman–Crippen LogP) is 4.50. The number of benzene rings is 2. The van der Waals surface area contributed by atoms with Crippen molar-refractivity contribution in [1.82, 2.24) is 9.97 Å². The second-order valence-corrected chi connectivity index (χ2v) is 6.28. The molecule has 0 amide bonds. The van der Waals surface area contributed by atoms with E-state index in [2.05, 4.69) is 26.6 Å². The lowest BCUT2D eigenvalue weighted by atomic mass is 10.2. The summed E-state index contributed by atoms with van der Waals surface area (Å²) < 4.78 is 11.4. The number of aromatic nitrogens is 2. The Kier molecular flexibility index (Phi) is 5.41. The number of hydrazone groups is 1. The molecule has 2 N–H and O–H groups in total. The van der Waals surface area contributed by atoms with E-state index in [4.69, 9.17) is 9.47 Å². The summed E-state index contributed by atoms with van der Waals surface area (Å²) in [4.78, 5) is 7.66. The molecule has 3 rings (SSSR count). The molecule has 0 aliphatic carbocycles. The molecule has 1 heterocycles. The predicted molar refractivity (Wildman–Crippen MR) is 105 cm³/mol. The SMILES string of the molecule is CCOc1cc(/C=N\Nc2nc3ccc(C)cc3[nH]2)ccc1OC(C)C. The topological polar surface area (TPSA) is 71.5 Å². The van der Waals surface area contributed by atoms with Crippen molar-refractivity contribution in [3.05, 3.63) is 47.5 Å². The van der Waals surface area contributed by atoms with E-state index in [-0.39, 0.29) is 6.10 Å². The summed E-state index contributed by atoms with van der Waals surface area (Å²) in [6, 6.07) is 11.8. The quantitative estimate of drug-likeness (QED) is 0.485. The highest BCUT2D eigenvalue weighted by Gasteiger charge is 2.07. The van der Waals surface area contributed by atoms with Gasteiger partial charge in [0, 0.05) is 0 Å². The third-order valence-corrected chi connectivity index (χ3v) is 3.65. The van der Waals surface area contributed by atoms with Gasteiger partial charge < -0.3 is 14.5 Å². The van der Waals surface area contributed by atoms with Gasteiger partial charge >= 0.3 is 0 Å². The lowest BCUT2D eigenvalue weighted by Crippen LogP contribution is -2.07. The summed E-state index contributed by atoms with van der Waals surface area (Å²) >= 11 is 0. The molecule has 0 fully saturated rings. The first kappa shape index (κ1) is 17.8. The van der Waals surface area contributed by atoms with Gasteiger partial charge in [-0.05, 0) is 69.2 Å². The van der Waals surface area contributed by atoms with Crippen molar-refractivity contribution in [2.75, 3.05) is 12.0 Å². The van der Waals surface area contributed by atoms with Gasteiger partial charge in [-0.15, -0.1) is 0 Å². The van der Waals surface area contributed by atoms with Gasteiger partial charge in [0.25, 0.3) is 0 Å². The van der Waals surface area contributed by atoms with Crippen molar-refractivity contribution in [2.24, 2.45) is 5.10 Å². The van der Waals surface area contributed by atoms with Gasteiger partial charge in [0.1, 0.15) is 0 Å². The van der Waals surface area contributed by atoms with Crippen LogP contribution in [0.5, 0.6) is 11.5 Å². The maximum atomic E-state index is 5.77. The number of nitrogens with one attached hydrogen (secondary N) is 2. The number of aromatic amines is 1. The Morgan fingerprint density at radius 1 is 1.19 bits per heavy atom. The first-order valence-electron chi connectivity index (χ1n) is 8.74. The molecule has 1 aromatic heterocycles. The molecule has 0 unspecified atom stereocenters. The molecular weight excluding hydrogens is 328 g/mol. The standard InChI is InChI=1S/C20H24N4O2/c1-5-25-19-11-15(7-9-18(19)26-13(2)3)12-21-24-20-22-16-8-6-14(4)10-17(16)23-20/h6-13H,5H2,1-4H3,(H2,22,23,24)/b21-12-. The van der Waals surface area contributed by atoms with Gasteiger partial charge in [-0.1, -0.05) is 6.07 Å². The lowest BCUT2D eigenvalue weighted by molar-refractivity contribution is 0.224. The minimum absolute atomic E-state index is 0.0899. The summed E-state index contributed by atoms with van der Waals surface area (Å²) in [6.45, 7) is 8.55. The third-order valence-electron chi connectivity index (χ3n) is 3.65. The number of anilines is 1. The smallest absolute Gasteiger partial charge is 0.222 e. The molecule has 2 aromatic carbocycles. The van der Waals surface area contributed by atoms with Crippen LogP contribution in [0.2, 0.25) is 0 Å². The second kappa shape index (κ2) is 7.91. The van der Waals surface area contributed by atoms with Crippen LogP contribution in [0.15, 0.2) is 41.5 Å². The molecule has 0 saturated heterocycles. The van der Waals surface area contributed by atoms with Gasteiger partial charge in [-0.3, -0.25) is 0 Å². The number of imidazole rings is 1. The number of fused-ring (bicyclic) bond motifs is 1. The summed E-state index contributed by atoms with van der Waals surface area (Å²) in [7, 11) is 0. The van der Waals surface area contributed by atoms with Crippen LogP contribution < -0.4 is 14.9 Å². The molecule has 0 saturated carbocycles. The van der Waals surface area contributed by atoms with Gasteiger partial charge in [0.15, 0.2) is 11.5 Å². The lowest BCUT2D eigenvalue weighted by Gasteiger charge is -2.14. The van der Waals surface area contributed by atoms with E-state index >= 15 is 0 Å². The van der Waals surface area contributed by atoms with E-state index < -0.39 is 0 Å². The van der Waals surface area contributed by atoms with Crippen LogP contribution in [-0.2, 0) is 0 Å². The number of aryl methyl sites for hydroxylation is 1. The Balaban J connectivity index is 1.73. The second-order valence-electron chi connectivity index (χ2n) is 6.28. The monoisotopic (exact) mass is 352 g/mol. The van der Waals surface area contributed by atoms with Crippen molar-refractivity contribution in [3.63, 3.8) is 0 Å². The van der Waals surface area contributed by atoms with Gasteiger partial charge in [0.05, 0.1) is 30.0 Å². The molecule has 0 aliphatic heterocycles. The Bertz CT molecular complexity index is 915. The Morgan fingerprint density at radius 2 is 2.04 bits per heavy atom. The fourth-order valence-electron chi connectivity index (χ4n) is 2.57. The Morgan fingerprint density at radius 3 is 2.81 bits per heavy atom. The average molecular weight is 352 g/mol. The minimum Gasteiger partial charge on any atom is -0.490 e. The summed E-state index contributed by atoms with van der Waals surface area (Å²) in [6.07, 6.45) is 1.81. The molecular formula is C20H24N4O2. The molecule has 6 heteroatoms. The van der Waals surface area contributed by atoms with Gasteiger partial charge in [-0.25, -0.2) is 10.4 Å². The number of nitrogens with zero attached hydrogens (tertiary/aromatic N) is 2. The summed E-state index contributed by atoms with van der Waals surface area (Å²) in [5.41, 5.74) is 6.91. The van der Waals surface area contributed by atoms with Crippen LogP contribution in [0, 0.1) is 6.92 Å². The largest absolute Gasteiger partial charge is 0.490 e. The van der Waals surface area contributed by atoms with Crippen LogP contribution in [0.25, 0.3) is 11.0 Å². The third kappa shape index (κ3) is 4.33. The van der Waals surface area contributed by atoms with E-state index in [9.17, 15) is 0 Å². The van der Waals surface area contributed by atoms with Crippen molar-refractivity contribution in [1.29, 1.82) is 0 Å². The highest BCUT2D eigenvalue weighted by molar-refractivity contribution is 5.82. The maximum absolute atomic E-state index is 5.77. The minimum atomic E-state index is 0.0899. The molecule has 26 heavy (non-hydrogen) atoms. The van der Waals surface area contributed by atoms with Crippen molar-refractivity contribution < 1.29 is 9.47 Å². The average Bonchev–Trinajstić information content (AvgIpc) is 2.98. The van der Waals surface area contributed by atoms with E-state index in [1.54, 1.807) is 6.21 Å². The number of ether oxygens (including phenoxy) is 2. The Labute approximate surface area is 153 Å². The van der Waals surface area contributed by atoms with Gasteiger partial charge in [-0.2, -0.15) is 5.10 Å². The van der Waals surface area contributed by atoms with E-state index in [1.165, 1.54) is 5.56 Å². The van der Waals surface area contributed by atoms with Crippen molar-refractivity contribution >= 4 is 23.2 Å². The fraction of sp³-hybridized carbons (Fsp3) is 0.300. The molecule has 0 atom stereocenters. The first-order chi connectivity index (χ1) is 12.5. The van der Waals surface area contributed by atoms with E-state index in [0.29, 0.717) is 18.3 Å². The number of hydrogen-bond donors (Lipinski definition) is 2. The number of hydrogen-bond acceptors (Lipinski definition) is 5. The number of H-pyrrole nitrogens is 1. The number of rotatable bonds is 7. The normalized spacial score (nSPS) is 11.4. The zero-order chi connectivity index (χ0) is 18.5. The van der Waals surface area contributed by atoms with E-state index in [0.717, 1.165) is 22.3 Å². The van der Waals surface area contributed by atoms with Crippen molar-refractivity contribution in [3.8, 4) is 11.5 Å². The highest BCUT2D eigenvalue weighted by atomic mass is 16.5. The van der Waals surface area contributed by atoms with Crippen LogP contribution >= 0.6 is 0 Å². The summed E-state index contributed by atoms with van der Waals surface area (Å²) in [5, 5.41) is 4.26. The zero-order valence-electron chi connectivity index (χ0n) is 15.5. The molecule has 136 valence electrons. The van der Waals surface area contributed by atoms with Crippen LogP contribution in [0.4, 0.5) is 5.95 Å². The summed E-state index contributed by atoms with van der Waals surface area (Å²) in [5.74, 6) is 2.05. The molecule has 0 radical (unpaired) electrons. The molecule has 3 aromatic rings. The fourth-order valence-corrected chi connectivity index (χ4v) is 2.57. The molecule has 6 nitrogen and oxygen atoms in total. The van der Waals surface area contributed by atoms with E-state index in [1.807, 2.05) is 58.0 Å². The van der Waals surface area contributed by atoms with Crippen LogP contribution in [-0.4, -0.2) is 28.9 Å².